The Morgan fingerprint density at radius 2 is 2.17 bits per heavy atom. The van der Waals surface area contributed by atoms with Crippen molar-refractivity contribution in [1.82, 2.24) is 9.97 Å². The average Bonchev–Trinajstić information content (AvgIpc) is 2.79. The number of ether oxygens (including phenoxy) is 1. The number of anilines is 1. The zero-order valence-electron chi connectivity index (χ0n) is 10.1. The topological polar surface area (TPSA) is 64.1 Å². The summed E-state index contributed by atoms with van der Waals surface area (Å²) in [5.41, 5.74) is 1.63. The van der Waals surface area contributed by atoms with Crippen LogP contribution in [0.4, 0.5) is 5.69 Å². The molecule has 18 heavy (non-hydrogen) atoms. The molecule has 2 aromatic rings. The molecule has 94 valence electrons. The molecule has 0 atom stereocenters. The molecule has 0 aromatic carbocycles. The fourth-order valence-corrected chi connectivity index (χ4v) is 2.12. The maximum atomic E-state index is 11.9. The molecule has 1 amide bonds. The van der Waals surface area contributed by atoms with Crippen LogP contribution < -0.4 is 10.1 Å². The van der Waals surface area contributed by atoms with E-state index in [1.165, 1.54) is 23.7 Å². The quantitative estimate of drug-likeness (QED) is 0.920. The number of aryl methyl sites for hydroxylation is 1. The highest BCUT2D eigenvalue weighted by Crippen LogP contribution is 2.16. The molecule has 0 aliphatic carbocycles. The Bertz CT molecular complexity index is 537. The lowest BCUT2D eigenvalue weighted by Crippen LogP contribution is -2.10. The van der Waals surface area contributed by atoms with E-state index in [4.69, 9.17) is 4.74 Å². The van der Waals surface area contributed by atoms with Crippen LogP contribution in [0.25, 0.3) is 0 Å². The van der Waals surface area contributed by atoms with Gasteiger partial charge in [0.15, 0.2) is 0 Å². The summed E-state index contributed by atoms with van der Waals surface area (Å²) < 4.78 is 5.12. The van der Waals surface area contributed by atoms with Gasteiger partial charge in [-0.2, -0.15) is 0 Å². The van der Waals surface area contributed by atoms with Crippen LogP contribution in [0.3, 0.4) is 0 Å². The number of carbonyl (C=O) groups is 1. The molecule has 6 heteroatoms. The van der Waals surface area contributed by atoms with Gasteiger partial charge in [-0.3, -0.25) is 4.79 Å². The van der Waals surface area contributed by atoms with Gasteiger partial charge in [-0.25, -0.2) is 9.97 Å². The number of aromatic nitrogens is 2. The van der Waals surface area contributed by atoms with Crippen LogP contribution in [-0.2, 0) is 0 Å². The van der Waals surface area contributed by atoms with E-state index in [-0.39, 0.29) is 5.91 Å². The molecular weight excluding hydrogens is 250 g/mol. The molecule has 2 heterocycles. The first-order valence-electron chi connectivity index (χ1n) is 5.50. The van der Waals surface area contributed by atoms with Gasteiger partial charge in [0.1, 0.15) is 0 Å². The summed E-state index contributed by atoms with van der Waals surface area (Å²) >= 11 is 1.41. The monoisotopic (exact) mass is 263 g/mol. The van der Waals surface area contributed by atoms with E-state index in [9.17, 15) is 4.79 Å². The van der Waals surface area contributed by atoms with E-state index in [1.807, 2.05) is 25.3 Å². The van der Waals surface area contributed by atoms with Crippen molar-refractivity contribution in [2.24, 2.45) is 0 Å². The maximum Gasteiger partial charge on any atom is 0.316 e. The number of rotatable bonds is 4. The molecule has 2 aromatic heterocycles. The highest BCUT2D eigenvalue weighted by molar-refractivity contribution is 7.12. The largest absolute Gasteiger partial charge is 0.464 e. The van der Waals surface area contributed by atoms with E-state index >= 15 is 0 Å². The summed E-state index contributed by atoms with van der Waals surface area (Å²) in [6.07, 6.45) is 3.05. The Hall–Kier alpha value is -1.95. The molecule has 2 rings (SSSR count). The second-order valence-electron chi connectivity index (χ2n) is 3.63. The molecule has 1 N–H and O–H groups in total. The zero-order chi connectivity index (χ0) is 13.0. The second kappa shape index (κ2) is 5.59. The summed E-state index contributed by atoms with van der Waals surface area (Å²) in [5, 5.41) is 4.67. The zero-order valence-corrected chi connectivity index (χ0v) is 11.0. The predicted octanol–water partition coefficient (Wildman–Crippen LogP) is 2.50. The van der Waals surface area contributed by atoms with Crippen LogP contribution in [-0.4, -0.2) is 22.5 Å². The first-order valence-corrected chi connectivity index (χ1v) is 6.38. The van der Waals surface area contributed by atoms with E-state index in [1.54, 1.807) is 0 Å². The number of carbonyl (C=O) groups excluding carboxylic acids is 1. The molecular formula is C12H13N3O2S. The van der Waals surface area contributed by atoms with Gasteiger partial charge in [0.25, 0.3) is 5.91 Å². The van der Waals surface area contributed by atoms with Crippen molar-refractivity contribution >= 4 is 22.9 Å². The molecule has 0 aliphatic heterocycles. The van der Waals surface area contributed by atoms with Crippen LogP contribution in [0.15, 0.2) is 23.8 Å². The highest BCUT2D eigenvalue weighted by Gasteiger charge is 2.08. The number of nitrogens with one attached hydrogen (secondary N) is 1. The van der Waals surface area contributed by atoms with Crippen LogP contribution in [0, 0.1) is 6.92 Å². The van der Waals surface area contributed by atoms with Gasteiger partial charge >= 0.3 is 6.01 Å². The van der Waals surface area contributed by atoms with Gasteiger partial charge in [-0.15, -0.1) is 11.3 Å². The van der Waals surface area contributed by atoms with Gasteiger partial charge in [0.05, 0.1) is 29.6 Å². The number of nitrogens with zero attached hydrogens (tertiary/aromatic N) is 2. The maximum absolute atomic E-state index is 11.9. The standard InChI is InChI=1S/C12H13N3O2S/c1-3-17-12-13-5-9(6-14-12)15-11(16)10-4-8(2)7-18-10/h4-7H,3H2,1-2H3,(H,15,16). The lowest BCUT2D eigenvalue weighted by atomic mass is 10.3. The molecule has 0 radical (unpaired) electrons. The number of thiophene rings is 1. The minimum atomic E-state index is -0.152. The molecule has 0 saturated heterocycles. The van der Waals surface area contributed by atoms with E-state index in [0.717, 1.165) is 5.56 Å². The van der Waals surface area contributed by atoms with E-state index < -0.39 is 0 Å². The number of hydrogen-bond acceptors (Lipinski definition) is 5. The van der Waals surface area contributed by atoms with Crippen molar-refractivity contribution in [2.45, 2.75) is 13.8 Å². The fourth-order valence-electron chi connectivity index (χ4n) is 1.33. The number of hydrogen-bond donors (Lipinski definition) is 1. The van der Waals surface area contributed by atoms with E-state index in [2.05, 4.69) is 15.3 Å². The van der Waals surface area contributed by atoms with Crippen molar-refractivity contribution in [2.75, 3.05) is 11.9 Å². The van der Waals surface area contributed by atoms with Crippen LogP contribution in [0.2, 0.25) is 0 Å². The fraction of sp³-hybridized carbons (Fsp3) is 0.250. The normalized spacial score (nSPS) is 10.1. The minimum absolute atomic E-state index is 0.152. The van der Waals surface area contributed by atoms with Gasteiger partial charge < -0.3 is 10.1 Å². The Balaban J connectivity index is 2.03. The third-order valence-corrected chi connectivity index (χ3v) is 3.16. The van der Waals surface area contributed by atoms with Crippen molar-refractivity contribution in [3.05, 3.63) is 34.3 Å². The van der Waals surface area contributed by atoms with Crippen molar-refractivity contribution in [3.63, 3.8) is 0 Å². The average molecular weight is 263 g/mol. The second-order valence-corrected chi connectivity index (χ2v) is 4.54. The summed E-state index contributed by atoms with van der Waals surface area (Å²) in [7, 11) is 0. The third kappa shape index (κ3) is 3.04. The van der Waals surface area contributed by atoms with Crippen LogP contribution in [0.1, 0.15) is 22.2 Å². The van der Waals surface area contributed by atoms with Gasteiger partial charge in [0, 0.05) is 0 Å². The third-order valence-electron chi connectivity index (χ3n) is 2.11. The lowest BCUT2D eigenvalue weighted by Gasteiger charge is -2.04. The summed E-state index contributed by atoms with van der Waals surface area (Å²) in [4.78, 5) is 20.5. The first-order chi connectivity index (χ1) is 8.69. The van der Waals surface area contributed by atoms with Gasteiger partial charge in [0.2, 0.25) is 0 Å². The summed E-state index contributed by atoms with van der Waals surface area (Å²) in [5.74, 6) is -0.152. The molecule has 0 spiro atoms. The molecule has 0 saturated carbocycles. The van der Waals surface area contributed by atoms with Crippen molar-refractivity contribution < 1.29 is 9.53 Å². The lowest BCUT2D eigenvalue weighted by molar-refractivity contribution is 0.103. The summed E-state index contributed by atoms with van der Waals surface area (Å²) in [6, 6.07) is 2.15. The summed E-state index contributed by atoms with van der Waals surface area (Å²) in [6.45, 7) is 4.33. The Labute approximate surface area is 109 Å². The Morgan fingerprint density at radius 3 is 2.72 bits per heavy atom. The Kier molecular flexibility index (Phi) is 3.88. The SMILES string of the molecule is CCOc1ncc(NC(=O)c2cc(C)cs2)cn1. The molecule has 0 fully saturated rings. The molecule has 0 bridgehead atoms. The molecule has 5 nitrogen and oxygen atoms in total. The van der Waals surface area contributed by atoms with Crippen molar-refractivity contribution in [1.29, 1.82) is 0 Å². The Morgan fingerprint density at radius 1 is 1.44 bits per heavy atom. The van der Waals surface area contributed by atoms with Crippen LogP contribution >= 0.6 is 11.3 Å². The van der Waals surface area contributed by atoms with Crippen molar-refractivity contribution in [3.8, 4) is 6.01 Å². The van der Waals surface area contributed by atoms with E-state index in [0.29, 0.717) is 23.2 Å². The van der Waals surface area contributed by atoms with Gasteiger partial charge in [-0.05, 0) is 30.9 Å². The first kappa shape index (κ1) is 12.5. The number of amides is 1. The minimum Gasteiger partial charge on any atom is -0.464 e. The molecule has 0 aliphatic rings. The van der Waals surface area contributed by atoms with Crippen LogP contribution in [0.5, 0.6) is 6.01 Å². The predicted molar refractivity (Wildman–Crippen MR) is 70.2 cm³/mol. The smallest absolute Gasteiger partial charge is 0.316 e. The molecule has 0 unspecified atom stereocenters. The highest BCUT2D eigenvalue weighted by atomic mass is 32.1. The van der Waals surface area contributed by atoms with Gasteiger partial charge in [-0.1, -0.05) is 0 Å².